The molecule has 1 aromatic heterocycles. The number of rotatable bonds is 8. The van der Waals surface area contributed by atoms with Gasteiger partial charge in [-0.2, -0.15) is 0 Å². The number of nitrogens with zero attached hydrogens (tertiary/aromatic N) is 2. The van der Waals surface area contributed by atoms with E-state index in [0.717, 1.165) is 88.7 Å². The van der Waals surface area contributed by atoms with Gasteiger partial charge >= 0.3 is 0 Å². The zero-order chi connectivity index (χ0) is 39.1. The minimum Gasteiger partial charge on any atom is -0.455 e. The van der Waals surface area contributed by atoms with Crippen LogP contribution in [-0.4, -0.2) is 0 Å². The number of benzene rings is 10. The van der Waals surface area contributed by atoms with Crippen molar-refractivity contribution in [1.82, 2.24) is 0 Å². The third kappa shape index (κ3) is 6.08. The second-order valence-corrected chi connectivity index (χ2v) is 14.9. The van der Waals surface area contributed by atoms with Gasteiger partial charge in [-0.3, -0.25) is 0 Å². The predicted octanol–water partition coefficient (Wildman–Crippen LogP) is 16.2. The molecule has 0 unspecified atom stereocenters. The summed E-state index contributed by atoms with van der Waals surface area (Å²) < 4.78 is 7.09. The third-order valence-corrected chi connectivity index (χ3v) is 11.4. The van der Waals surface area contributed by atoms with Gasteiger partial charge in [-0.1, -0.05) is 170 Å². The zero-order valence-electron chi connectivity index (χ0n) is 32.2. The van der Waals surface area contributed by atoms with Crippen LogP contribution in [0.15, 0.2) is 235 Å². The molecule has 0 amide bonds. The van der Waals surface area contributed by atoms with Crippen LogP contribution in [-0.2, 0) is 0 Å². The molecule has 11 aromatic rings. The van der Waals surface area contributed by atoms with E-state index in [1.165, 1.54) is 11.1 Å². The summed E-state index contributed by atoms with van der Waals surface area (Å²) in [5, 5.41) is 6.48. The Kier molecular flexibility index (Phi) is 8.49. The van der Waals surface area contributed by atoms with Gasteiger partial charge in [0.2, 0.25) is 0 Å². The highest BCUT2D eigenvalue weighted by Gasteiger charge is 2.24. The molecule has 0 N–H and O–H groups in total. The molecule has 1 heterocycles. The molecular weight excluding hydrogens is 717 g/mol. The summed E-state index contributed by atoms with van der Waals surface area (Å²) in [6, 6.07) is 82.2. The van der Waals surface area contributed by atoms with Crippen LogP contribution in [0.5, 0.6) is 0 Å². The van der Waals surface area contributed by atoms with E-state index in [4.69, 9.17) is 4.42 Å². The van der Waals surface area contributed by atoms with Gasteiger partial charge in [-0.05, 0) is 82.9 Å². The van der Waals surface area contributed by atoms with Crippen molar-refractivity contribution in [2.75, 3.05) is 9.80 Å². The highest BCUT2D eigenvalue weighted by molar-refractivity contribution is 6.25. The fourth-order valence-electron chi connectivity index (χ4n) is 8.67. The van der Waals surface area contributed by atoms with E-state index in [1.807, 2.05) is 0 Å². The first-order valence-corrected chi connectivity index (χ1v) is 20.1. The van der Waals surface area contributed by atoms with E-state index in [9.17, 15) is 0 Å². The van der Waals surface area contributed by atoms with Crippen LogP contribution >= 0.6 is 0 Å². The van der Waals surface area contributed by atoms with Crippen LogP contribution in [0.3, 0.4) is 0 Å². The molecule has 59 heavy (non-hydrogen) atoms. The molecule has 10 aromatic carbocycles. The second-order valence-electron chi connectivity index (χ2n) is 14.9. The van der Waals surface area contributed by atoms with E-state index >= 15 is 0 Å². The summed E-state index contributed by atoms with van der Waals surface area (Å²) in [6.45, 7) is 0. The summed E-state index contributed by atoms with van der Waals surface area (Å²) in [5.74, 6) is 0. The third-order valence-electron chi connectivity index (χ3n) is 11.4. The standard InChI is InChI=1S/C56H38N2O/c1-5-19-39(20-6-1)41-23-17-29-45(35-41)57(43-25-9-3-10-26-43)53-37-51-52-38-54(48-32-14-16-34-50(48)56(52)59-55(51)49-33-15-13-31-47(49)53)58(44-27-11-4-12-28-44)46-30-18-24-42(36-46)40-21-7-2-8-22-40/h1-38H. The molecule has 0 saturated carbocycles. The Morgan fingerprint density at radius 2 is 0.559 bits per heavy atom. The first-order chi connectivity index (χ1) is 29.3. The molecule has 0 spiro atoms. The van der Waals surface area contributed by atoms with Crippen molar-refractivity contribution in [3.63, 3.8) is 0 Å². The molecule has 0 fully saturated rings. The van der Waals surface area contributed by atoms with Gasteiger partial charge in [0.25, 0.3) is 0 Å². The number of fused-ring (bicyclic) bond motifs is 7. The Balaban J connectivity index is 1.19. The summed E-state index contributed by atoms with van der Waals surface area (Å²) >= 11 is 0. The van der Waals surface area contributed by atoms with Crippen molar-refractivity contribution in [3.05, 3.63) is 231 Å². The minimum absolute atomic E-state index is 0.880. The number of furan rings is 1. The average molecular weight is 755 g/mol. The molecule has 0 aliphatic rings. The second kappa shape index (κ2) is 14.6. The van der Waals surface area contributed by atoms with Crippen LogP contribution in [0.25, 0.3) is 65.7 Å². The molecule has 3 nitrogen and oxygen atoms in total. The molecule has 0 aliphatic carbocycles. The minimum atomic E-state index is 0.880. The molecule has 278 valence electrons. The lowest BCUT2D eigenvalue weighted by Gasteiger charge is -2.28. The van der Waals surface area contributed by atoms with Crippen molar-refractivity contribution < 1.29 is 4.42 Å². The maximum atomic E-state index is 7.09. The van der Waals surface area contributed by atoms with Gasteiger partial charge in [-0.15, -0.1) is 0 Å². The quantitative estimate of drug-likeness (QED) is 0.154. The van der Waals surface area contributed by atoms with Crippen LogP contribution in [0.1, 0.15) is 0 Å². The number of anilines is 6. The van der Waals surface area contributed by atoms with Gasteiger partial charge in [0.05, 0.1) is 11.4 Å². The topological polar surface area (TPSA) is 19.6 Å². The van der Waals surface area contributed by atoms with Crippen molar-refractivity contribution in [3.8, 4) is 22.3 Å². The fraction of sp³-hybridized carbons (Fsp3) is 0. The Bertz CT molecular complexity index is 3050. The summed E-state index contributed by atoms with van der Waals surface area (Å²) in [6.07, 6.45) is 0. The maximum Gasteiger partial charge on any atom is 0.143 e. The van der Waals surface area contributed by atoms with Crippen LogP contribution in [0, 0.1) is 0 Å². The Labute approximate surface area is 343 Å². The van der Waals surface area contributed by atoms with Gasteiger partial charge in [-0.25, -0.2) is 0 Å². The number of hydrogen-bond acceptors (Lipinski definition) is 3. The van der Waals surface area contributed by atoms with Gasteiger partial charge in [0, 0.05) is 55.1 Å². The molecule has 11 rings (SSSR count). The lowest BCUT2D eigenvalue weighted by atomic mass is 9.98. The Hall–Kier alpha value is -7.88. The lowest BCUT2D eigenvalue weighted by Crippen LogP contribution is -2.11. The lowest BCUT2D eigenvalue weighted by molar-refractivity contribution is 0.676. The van der Waals surface area contributed by atoms with Crippen LogP contribution in [0.2, 0.25) is 0 Å². The molecular formula is C56H38N2O. The number of para-hydroxylation sites is 2. The fourth-order valence-corrected chi connectivity index (χ4v) is 8.67. The maximum absolute atomic E-state index is 7.09. The molecule has 3 heteroatoms. The van der Waals surface area contributed by atoms with E-state index in [0.29, 0.717) is 0 Å². The highest BCUT2D eigenvalue weighted by Crippen LogP contribution is 2.49. The highest BCUT2D eigenvalue weighted by atomic mass is 16.3. The van der Waals surface area contributed by atoms with Gasteiger partial charge in [0.1, 0.15) is 11.2 Å². The van der Waals surface area contributed by atoms with Crippen LogP contribution in [0.4, 0.5) is 34.1 Å². The van der Waals surface area contributed by atoms with Crippen molar-refractivity contribution >= 4 is 77.6 Å². The molecule has 0 atom stereocenters. The first kappa shape index (κ1) is 34.4. The van der Waals surface area contributed by atoms with Gasteiger partial charge < -0.3 is 14.2 Å². The molecule has 0 radical (unpaired) electrons. The molecule has 0 aliphatic heterocycles. The Morgan fingerprint density at radius 3 is 0.966 bits per heavy atom. The normalized spacial score (nSPS) is 11.4. The summed E-state index contributed by atoms with van der Waals surface area (Å²) in [7, 11) is 0. The van der Waals surface area contributed by atoms with Crippen molar-refractivity contribution in [2.45, 2.75) is 0 Å². The van der Waals surface area contributed by atoms with E-state index in [-0.39, 0.29) is 0 Å². The van der Waals surface area contributed by atoms with Crippen molar-refractivity contribution in [1.29, 1.82) is 0 Å². The van der Waals surface area contributed by atoms with Crippen molar-refractivity contribution in [2.24, 2.45) is 0 Å². The van der Waals surface area contributed by atoms with E-state index in [2.05, 4.69) is 240 Å². The number of hydrogen-bond donors (Lipinski definition) is 0. The summed E-state index contributed by atoms with van der Waals surface area (Å²) in [4.78, 5) is 4.78. The summed E-state index contributed by atoms with van der Waals surface area (Å²) in [5.41, 5.74) is 12.9. The van der Waals surface area contributed by atoms with E-state index < -0.39 is 0 Å². The predicted molar refractivity (Wildman–Crippen MR) is 249 cm³/mol. The Morgan fingerprint density at radius 1 is 0.237 bits per heavy atom. The van der Waals surface area contributed by atoms with Gasteiger partial charge in [0.15, 0.2) is 0 Å². The van der Waals surface area contributed by atoms with Crippen LogP contribution < -0.4 is 9.80 Å². The molecule has 0 bridgehead atoms. The monoisotopic (exact) mass is 754 g/mol. The largest absolute Gasteiger partial charge is 0.455 e. The zero-order valence-corrected chi connectivity index (χ0v) is 32.2. The SMILES string of the molecule is c1ccc(-c2cccc(N(c3ccccc3)c3cc4c5cc(N(c6ccccc6)c6cccc(-c7ccccc7)c6)c6ccccc6c5oc4c4ccccc34)c2)cc1. The first-order valence-electron chi connectivity index (χ1n) is 20.1. The average Bonchev–Trinajstić information content (AvgIpc) is 3.70. The smallest absolute Gasteiger partial charge is 0.143 e. The van der Waals surface area contributed by atoms with E-state index in [1.54, 1.807) is 0 Å². The molecule has 0 saturated heterocycles.